The van der Waals surface area contributed by atoms with Gasteiger partial charge in [-0.15, -0.1) is 0 Å². The lowest BCUT2D eigenvalue weighted by Gasteiger charge is -2.15. The second kappa shape index (κ2) is 5.75. The van der Waals surface area contributed by atoms with Crippen molar-refractivity contribution in [3.63, 3.8) is 0 Å². The van der Waals surface area contributed by atoms with Gasteiger partial charge in [0.05, 0.1) is 4.32 Å². The van der Waals surface area contributed by atoms with Gasteiger partial charge in [0.2, 0.25) is 5.91 Å². The molecule has 0 heterocycles. The summed E-state index contributed by atoms with van der Waals surface area (Å²) in [5, 5.41) is 2.71. The molecule has 0 aromatic rings. The molecule has 1 unspecified atom stereocenters. The van der Waals surface area contributed by atoms with Crippen molar-refractivity contribution >= 4 is 32.6 Å². The van der Waals surface area contributed by atoms with Crippen molar-refractivity contribution in [2.75, 3.05) is 18.1 Å². The lowest BCUT2D eigenvalue weighted by atomic mass is 10.2. The maximum absolute atomic E-state index is 11.3. The van der Waals surface area contributed by atoms with E-state index in [0.717, 1.165) is 0 Å². The topological polar surface area (TPSA) is 46.2 Å². The van der Waals surface area contributed by atoms with E-state index >= 15 is 0 Å². The van der Waals surface area contributed by atoms with Crippen LogP contribution in [0.4, 0.5) is 0 Å². The fourth-order valence-electron chi connectivity index (χ4n) is 0.633. The predicted octanol–water partition coefficient (Wildman–Crippen LogP) is 1.04. The van der Waals surface area contributed by atoms with E-state index in [4.69, 9.17) is 0 Å². The van der Waals surface area contributed by atoms with E-state index in [1.54, 1.807) is 13.8 Å². The minimum absolute atomic E-state index is 0.0689. The first-order valence-corrected chi connectivity index (χ1v) is 6.48. The van der Waals surface area contributed by atoms with Crippen LogP contribution in [0.3, 0.4) is 0 Å². The van der Waals surface area contributed by atoms with Crippen LogP contribution in [0.5, 0.6) is 0 Å². The highest BCUT2D eigenvalue weighted by Gasteiger charge is 2.22. The highest BCUT2D eigenvalue weighted by molar-refractivity contribution is 9.10. The van der Waals surface area contributed by atoms with Crippen LogP contribution in [0.25, 0.3) is 0 Å². The smallest absolute Gasteiger partial charge is 0.236 e. The first-order chi connectivity index (χ1) is 5.88. The summed E-state index contributed by atoms with van der Waals surface area (Å²) >= 11 is 3.24. The summed E-state index contributed by atoms with van der Waals surface area (Å²) < 4.78 is 10.5. The minimum Gasteiger partial charge on any atom is -0.354 e. The molecular weight excluding hydrogens is 254 g/mol. The van der Waals surface area contributed by atoms with Crippen molar-refractivity contribution in [1.29, 1.82) is 0 Å². The molecule has 5 heteroatoms. The van der Waals surface area contributed by atoms with E-state index in [-0.39, 0.29) is 5.91 Å². The number of carbonyl (C=O) groups excluding carboxylic acids is 1. The maximum atomic E-state index is 11.3. The zero-order valence-electron chi connectivity index (χ0n) is 8.22. The second-order valence-electron chi connectivity index (χ2n) is 3.16. The Bertz CT molecular complexity index is 201. The van der Waals surface area contributed by atoms with E-state index in [0.29, 0.717) is 18.1 Å². The summed E-state index contributed by atoms with van der Waals surface area (Å²) in [4.78, 5) is 11.3. The monoisotopic (exact) mass is 269 g/mol. The molecule has 0 radical (unpaired) electrons. The highest BCUT2D eigenvalue weighted by Crippen LogP contribution is 2.14. The van der Waals surface area contributed by atoms with Crippen molar-refractivity contribution in [3.8, 4) is 0 Å². The van der Waals surface area contributed by atoms with Gasteiger partial charge in [0.1, 0.15) is 0 Å². The molecule has 3 nitrogen and oxygen atoms in total. The average molecular weight is 270 g/mol. The van der Waals surface area contributed by atoms with E-state index in [2.05, 4.69) is 21.2 Å². The molecule has 13 heavy (non-hydrogen) atoms. The zero-order chi connectivity index (χ0) is 10.5. The second-order valence-corrected chi connectivity index (χ2v) is 7.01. The Morgan fingerprint density at radius 3 is 2.46 bits per heavy atom. The standard InChI is InChI=1S/C8H16BrNO2S/c1-4-13(12)6-5-10-7(11)8(2,3)9/h4-6H2,1-3H3,(H,10,11). The first-order valence-electron chi connectivity index (χ1n) is 4.20. The Kier molecular flexibility index (Phi) is 5.80. The van der Waals surface area contributed by atoms with Crippen LogP contribution in [-0.2, 0) is 15.6 Å². The average Bonchev–Trinajstić information content (AvgIpc) is 2.02. The van der Waals surface area contributed by atoms with Gasteiger partial charge in [-0.05, 0) is 13.8 Å². The van der Waals surface area contributed by atoms with Crippen LogP contribution in [0, 0.1) is 0 Å². The van der Waals surface area contributed by atoms with Crippen molar-refractivity contribution in [3.05, 3.63) is 0 Å². The molecule has 1 atom stereocenters. The molecule has 0 aromatic heterocycles. The van der Waals surface area contributed by atoms with E-state index < -0.39 is 15.1 Å². The molecule has 0 saturated heterocycles. The molecule has 1 amide bonds. The van der Waals surface area contributed by atoms with Crippen LogP contribution in [-0.4, -0.2) is 32.5 Å². The Labute approximate surface area is 90.2 Å². The summed E-state index contributed by atoms with van der Waals surface area (Å²) in [5.41, 5.74) is 0. The van der Waals surface area contributed by atoms with Gasteiger partial charge in [-0.1, -0.05) is 22.9 Å². The van der Waals surface area contributed by atoms with Gasteiger partial charge in [0, 0.05) is 28.9 Å². The molecule has 0 fully saturated rings. The lowest BCUT2D eigenvalue weighted by Crippen LogP contribution is -2.39. The molecule has 0 aliphatic heterocycles. The first kappa shape index (κ1) is 13.1. The van der Waals surface area contributed by atoms with Gasteiger partial charge >= 0.3 is 0 Å². The number of rotatable bonds is 5. The summed E-state index contributed by atoms with van der Waals surface area (Å²) in [6, 6.07) is 0. The third kappa shape index (κ3) is 6.21. The van der Waals surface area contributed by atoms with Crippen LogP contribution < -0.4 is 5.32 Å². The molecule has 0 rings (SSSR count). The van der Waals surface area contributed by atoms with Crippen LogP contribution in [0.15, 0.2) is 0 Å². The van der Waals surface area contributed by atoms with Crippen molar-refractivity contribution in [2.45, 2.75) is 25.1 Å². The maximum Gasteiger partial charge on any atom is 0.236 e. The summed E-state index contributed by atoms with van der Waals surface area (Å²) in [6.45, 7) is 5.90. The van der Waals surface area contributed by atoms with Gasteiger partial charge in [-0.25, -0.2) is 0 Å². The van der Waals surface area contributed by atoms with Crippen LogP contribution >= 0.6 is 15.9 Å². The highest BCUT2D eigenvalue weighted by atomic mass is 79.9. The lowest BCUT2D eigenvalue weighted by molar-refractivity contribution is -0.122. The molecule has 0 spiro atoms. The molecule has 0 aliphatic rings. The molecule has 0 aliphatic carbocycles. The van der Waals surface area contributed by atoms with Crippen molar-refractivity contribution in [1.82, 2.24) is 5.32 Å². The van der Waals surface area contributed by atoms with Gasteiger partial charge in [0.15, 0.2) is 0 Å². The molecule has 1 N–H and O–H groups in total. The van der Waals surface area contributed by atoms with E-state index in [1.165, 1.54) is 0 Å². The van der Waals surface area contributed by atoms with E-state index in [9.17, 15) is 9.00 Å². The Morgan fingerprint density at radius 1 is 1.54 bits per heavy atom. The summed E-state index contributed by atoms with van der Waals surface area (Å²) in [6.07, 6.45) is 0. The van der Waals surface area contributed by atoms with Crippen LogP contribution in [0.2, 0.25) is 0 Å². The Morgan fingerprint density at radius 2 is 2.08 bits per heavy atom. The number of carbonyl (C=O) groups is 1. The van der Waals surface area contributed by atoms with Gasteiger partial charge in [-0.3, -0.25) is 9.00 Å². The Balaban J connectivity index is 3.67. The molecular formula is C8H16BrNO2S. The number of amides is 1. The van der Waals surface area contributed by atoms with Gasteiger partial charge in [0.25, 0.3) is 0 Å². The number of hydrogen-bond donors (Lipinski definition) is 1. The number of hydrogen-bond acceptors (Lipinski definition) is 2. The quantitative estimate of drug-likeness (QED) is 0.759. The van der Waals surface area contributed by atoms with Crippen molar-refractivity contribution in [2.24, 2.45) is 0 Å². The summed E-state index contributed by atoms with van der Waals surface area (Å²) in [7, 11) is -0.800. The molecule has 0 bridgehead atoms. The van der Waals surface area contributed by atoms with Crippen LogP contribution in [0.1, 0.15) is 20.8 Å². The van der Waals surface area contributed by atoms with Crippen molar-refractivity contribution < 1.29 is 9.00 Å². The Hall–Kier alpha value is 0.1000. The fraction of sp³-hybridized carbons (Fsp3) is 0.875. The number of alkyl halides is 1. The molecule has 0 aromatic carbocycles. The third-order valence-electron chi connectivity index (χ3n) is 1.48. The predicted molar refractivity (Wildman–Crippen MR) is 59.6 cm³/mol. The molecule has 78 valence electrons. The third-order valence-corrected chi connectivity index (χ3v) is 3.14. The largest absolute Gasteiger partial charge is 0.354 e. The number of nitrogens with one attached hydrogen (secondary N) is 1. The molecule has 0 saturated carbocycles. The SMILES string of the molecule is CCS(=O)CCNC(=O)C(C)(C)Br. The minimum atomic E-state index is -0.800. The number of halogens is 1. The normalized spacial score (nSPS) is 13.8. The fourth-order valence-corrected chi connectivity index (χ4v) is 1.39. The zero-order valence-corrected chi connectivity index (χ0v) is 10.6. The van der Waals surface area contributed by atoms with E-state index in [1.807, 2.05) is 6.92 Å². The summed E-state index contributed by atoms with van der Waals surface area (Å²) in [5.74, 6) is 1.11. The van der Waals surface area contributed by atoms with Gasteiger partial charge < -0.3 is 5.32 Å². The van der Waals surface area contributed by atoms with Gasteiger partial charge in [-0.2, -0.15) is 0 Å².